The van der Waals surface area contributed by atoms with Crippen LogP contribution in [0.3, 0.4) is 0 Å². The van der Waals surface area contributed by atoms with Crippen molar-refractivity contribution in [1.29, 1.82) is 0 Å². The van der Waals surface area contributed by atoms with Gasteiger partial charge in [-0.15, -0.1) is 0 Å². The Bertz CT molecular complexity index is 624. The summed E-state index contributed by atoms with van der Waals surface area (Å²) in [5.74, 6) is 0.810. The summed E-state index contributed by atoms with van der Waals surface area (Å²) in [6, 6.07) is 9.99. The molecule has 0 bridgehead atoms. The van der Waals surface area contributed by atoms with Crippen molar-refractivity contribution in [3.8, 4) is 5.75 Å². The van der Waals surface area contributed by atoms with Crippen molar-refractivity contribution in [3.63, 3.8) is 0 Å². The van der Waals surface area contributed by atoms with Crippen LogP contribution in [0.2, 0.25) is 0 Å². The summed E-state index contributed by atoms with van der Waals surface area (Å²) in [7, 11) is 1.64. The van der Waals surface area contributed by atoms with Crippen molar-refractivity contribution in [1.82, 2.24) is 4.98 Å². The molecule has 0 fully saturated rings. The van der Waals surface area contributed by atoms with Gasteiger partial charge in [-0.05, 0) is 43.0 Å². The number of methoxy groups -OCH3 is 1. The van der Waals surface area contributed by atoms with E-state index in [0.29, 0.717) is 0 Å². The second-order valence-corrected chi connectivity index (χ2v) is 5.38. The van der Waals surface area contributed by atoms with Gasteiger partial charge in [-0.25, -0.2) is 0 Å². The molecule has 0 saturated carbocycles. The van der Waals surface area contributed by atoms with E-state index in [1.807, 2.05) is 31.2 Å². The van der Waals surface area contributed by atoms with Crippen LogP contribution in [-0.4, -0.2) is 17.2 Å². The standard InChI is InChI=1S/C17H19NO2/c1-11-5-7-13(15(10-11)20-2)17(19)14-8-6-12-4-3-9-18-16(12)14/h3-5,7,9-10,14,17,19H,6,8H2,1-2H3. The molecule has 1 heterocycles. The fourth-order valence-corrected chi connectivity index (χ4v) is 3.03. The normalized spacial score (nSPS) is 18.6. The Morgan fingerprint density at radius 2 is 2.20 bits per heavy atom. The van der Waals surface area contributed by atoms with E-state index in [0.717, 1.165) is 35.4 Å². The van der Waals surface area contributed by atoms with Crippen LogP contribution in [0.25, 0.3) is 0 Å². The number of aliphatic hydroxyl groups is 1. The number of nitrogens with zero attached hydrogens (tertiary/aromatic N) is 1. The van der Waals surface area contributed by atoms with Crippen molar-refractivity contribution in [3.05, 3.63) is 58.9 Å². The van der Waals surface area contributed by atoms with Gasteiger partial charge in [0.25, 0.3) is 0 Å². The number of hydrogen-bond acceptors (Lipinski definition) is 3. The smallest absolute Gasteiger partial charge is 0.124 e. The predicted molar refractivity (Wildman–Crippen MR) is 78.0 cm³/mol. The Kier molecular flexibility index (Phi) is 3.45. The third-order valence-corrected chi connectivity index (χ3v) is 4.09. The number of hydrogen-bond donors (Lipinski definition) is 1. The molecule has 1 aromatic heterocycles. The van der Waals surface area contributed by atoms with Gasteiger partial charge in [0.05, 0.1) is 13.2 Å². The largest absolute Gasteiger partial charge is 0.496 e. The average molecular weight is 269 g/mol. The number of aromatic nitrogens is 1. The number of benzene rings is 1. The highest BCUT2D eigenvalue weighted by Gasteiger charge is 2.32. The Balaban J connectivity index is 1.96. The first-order valence-electron chi connectivity index (χ1n) is 6.97. The van der Waals surface area contributed by atoms with Crippen molar-refractivity contribution in [2.45, 2.75) is 31.8 Å². The highest BCUT2D eigenvalue weighted by Crippen LogP contribution is 2.42. The van der Waals surface area contributed by atoms with E-state index in [1.165, 1.54) is 5.56 Å². The molecule has 2 unspecified atom stereocenters. The van der Waals surface area contributed by atoms with E-state index >= 15 is 0 Å². The molecule has 3 heteroatoms. The van der Waals surface area contributed by atoms with Gasteiger partial charge < -0.3 is 9.84 Å². The average Bonchev–Trinajstić information content (AvgIpc) is 2.90. The molecule has 20 heavy (non-hydrogen) atoms. The molecule has 3 nitrogen and oxygen atoms in total. The maximum absolute atomic E-state index is 10.7. The Morgan fingerprint density at radius 3 is 3.00 bits per heavy atom. The molecule has 2 aromatic rings. The molecular formula is C17H19NO2. The van der Waals surface area contributed by atoms with Crippen LogP contribution in [0.15, 0.2) is 36.5 Å². The Labute approximate surface area is 119 Å². The van der Waals surface area contributed by atoms with Crippen LogP contribution >= 0.6 is 0 Å². The molecule has 1 aliphatic rings. The third kappa shape index (κ3) is 2.18. The lowest BCUT2D eigenvalue weighted by atomic mass is 9.92. The van der Waals surface area contributed by atoms with E-state index in [2.05, 4.69) is 11.1 Å². The summed E-state index contributed by atoms with van der Waals surface area (Å²) in [5.41, 5.74) is 4.26. The maximum Gasteiger partial charge on any atom is 0.124 e. The highest BCUT2D eigenvalue weighted by molar-refractivity contribution is 5.41. The number of aryl methyl sites for hydroxylation is 2. The fraction of sp³-hybridized carbons (Fsp3) is 0.353. The molecule has 0 radical (unpaired) electrons. The molecule has 3 rings (SSSR count). The molecule has 1 N–H and O–H groups in total. The fourth-order valence-electron chi connectivity index (χ4n) is 3.03. The third-order valence-electron chi connectivity index (χ3n) is 4.09. The molecule has 1 aromatic carbocycles. The summed E-state index contributed by atoms with van der Waals surface area (Å²) in [5, 5.41) is 10.7. The molecule has 0 aliphatic heterocycles. The van der Waals surface area contributed by atoms with E-state index in [1.54, 1.807) is 13.3 Å². The molecule has 2 atom stereocenters. The first-order chi connectivity index (χ1) is 9.70. The van der Waals surface area contributed by atoms with Crippen LogP contribution in [-0.2, 0) is 6.42 Å². The van der Waals surface area contributed by atoms with Crippen LogP contribution < -0.4 is 4.74 Å². The van der Waals surface area contributed by atoms with Gasteiger partial charge in [-0.1, -0.05) is 18.2 Å². The Morgan fingerprint density at radius 1 is 1.35 bits per heavy atom. The van der Waals surface area contributed by atoms with Crippen LogP contribution in [0.5, 0.6) is 5.75 Å². The number of aliphatic hydroxyl groups excluding tert-OH is 1. The quantitative estimate of drug-likeness (QED) is 0.930. The lowest BCUT2D eigenvalue weighted by Gasteiger charge is -2.21. The lowest BCUT2D eigenvalue weighted by Crippen LogP contribution is -2.10. The van der Waals surface area contributed by atoms with E-state index in [-0.39, 0.29) is 5.92 Å². The number of rotatable bonds is 3. The topological polar surface area (TPSA) is 42.4 Å². The first-order valence-corrected chi connectivity index (χ1v) is 6.97. The van der Waals surface area contributed by atoms with Gasteiger partial charge in [0.15, 0.2) is 0 Å². The minimum Gasteiger partial charge on any atom is -0.496 e. The number of fused-ring (bicyclic) bond motifs is 1. The maximum atomic E-state index is 10.7. The summed E-state index contributed by atoms with van der Waals surface area (Å²) in [6.07, 6.45) is 3.15. The molecule has 0 amide bonds. The molecule has 0 saturated heterocycles. The minimum absolute atomic E-state index is 0.0582. The van der Waals surface area contributed by atoms with E-state index < -0.39 is 6.10 Å². The molecule has 104 valence electrons. The predicted octanol–water partition coefficient (Wildman–Crippen LogP) is 3.16. The minimum atomic E-state index is -0.568. The van der Waals surface area contributed by atoms with Crippen molar-refractivity contribution >= 4 is 0 Å². The summed E-state index contributed by atoms with van der Waals surface area (Å²) < 4.78 is 5.41. The zero-order chi connectivity index (χ0) is 14.1. The van der Waals surface area contributed by atoms with Crippen molar-refractivity contribution in [2.24, 2.45) is 0 Å². The zero-order valence-corrected chi connectivity index (χ0v) is 11.8. The van der Waals surface area contributed by atoms with Crippen LogP contribution in [0, 0.1) is 6.92 Å². The van der Waals surface area contributed by atoms with Gasteiger partial charge in [0, 0.05) is 23.4 Å². The first kappa shape index (κ1) is 13.1. The van der Waals surface area contributed by atoms with Crippen molar-refractivity contribution < 1.29 is 9.84 Å². The van der Waals surface area contributed by atoms with E-state index in [9.17, 15) is 5.11 Å². The molecule has 0 spiro atoms. The zero-order valence-electron chi connectivity index (χ0n) is 11.8. The summed E-state index contributed by atoms with van der Waals surface area (Å²) in [4.78, 5) is 4.46. The second-order valence-electron chi connectivity index (χ2n) is 5.38. The number of ether oxygens (including phenoxy) is 1. The molecule has 1 aliphatic carbocycles. The van der Waals surface area contributed by atoms with Gasteiger partial charge in [0.2, 0.25) is 0 Å². The van der Waals surface area contributed by atoms with E-state index in [4.69, 9.17) is 4.74 Å². The summed E-state index contributed by atoms with van der Waals surface area (Å²) >= 11 is 0. The monoisotopic (exact) mass is 269 g/mol. The van der Waals surface area contributed by atoms with Crippen molar-refractivity contribution in [2.75, 3.05) is 7.11 Å². The number of pyridine rings is 1. The van der Waals surface area contributed by atoms with Gasteiger partial charge in [-0.2, -0.15) is 0 Å². The summed E-state index contributed by atoms with van der Waals surface area (Å²) in [6.45, 7) is 2.02. The van der Waals surface area contributed by atoms with Gasteiger partial charge >= 0.3 is 0 Å². The van der Waals surface area contributed by atoms with Gasteiger partial charge in [-0.3, -0.25) is 4.98 Å². The van der Waals surface area contributed by atoms with Crippen LogP contribution in [0.1, 0.15) is 40.8 Å². The van der Waals surface area contributed by atoms with Crippen LogP contribution in [0.4, 0.5) is 0 Å². The SMILES string of the molecule is COc1cc(C)ccc1C(O)C1CCc2cccnc21. The molecular weight excluding hydrogens is 250 g/mol. The second kappa shape index (κ2) is 5.25. The van der Waals surface area contributed by atoms with Gasteiger partial charge in [0.1, 0.15) is 5.75 Å². The highest BCUT2D eigenvalue weighted by atomic mass is 16.5. The Hall–Kier alpha value is -1.87. The lowest BCUT2D eigenvalue weighted by molar-refractivity contribution is 0.139.